The van der Waals surface area contributed by atoms with Crippen molar-refractivity contribution in [1.82, 2.24) is 0 Å². The molecule has 1 saturated heterocycles. The summed E-state index contributed by atoms with van der Waals surface area (Å²) in [4.78, 5) is 0. The first-order valence-electron chi connectivity index (χ1n) is 9.91. The molecule has 0 aliphatic carbocycles. The molecular formula is C26H21O3P. The Morgan fingerprint density at radius 1 is 0.433 bits per heavy atom. The van der Waals surface area contributed by atoms with Crippen molar-refractivity contribution in [2.24, 2.45) is 0 Å². The summed E-state index contributed by atoms with van der Waals surface area (Å²) in [5.74, 6) is 0. The van der Waals surface area contributed by atoms with Gasteiger partial charge < -0.3 is 0 Å². The van der Waals surface area contributed by atoms with Crippen LogP contribution in [0.4, 0.5) is 0 Å². The van der Waals surface area contributed by atoms with E-state index in [-0.39, 0.29) is 0 Å². The van der Waals surface area contributed by atoms with Gasteiger partial charge in [0.15, 0.2) is 11.2 Å². The molecule has 0 unspecified atom stereocenters. The van der Waals surface area contributed by atoms with Gasteiger partial charge in [-0.3, -0.25) is 13.6 Å². The van der Waals surface area contributed by atoms with Crippen LogP contribution in [-0.2, 0) is 24.8 Å². The molecule has 4 aromatic carbocycles. The monoisotopic (exact) mass is 412 g/mol. The molecule has 3 nitrogen and oxygen atoms in total. The van der Waals surface area contributed by atoms with Gasteiger partial charge in [-0.2, -0.15) is 0 Å². The third-order valence-electron chi connectivity index (χ3n) is 5.69. The van der Waals surface area contributed by atoms with Crippen molar-refractivity contribution in [3.8, 4) is 0 Å². The van der Waals surface area contributed by atoms with Crippen LogP contribution in [0.15, 0.2) is 121 Å². The van der Waals surface area contributed by atoms with E-state index in [4.69, 9.17) is 9.05 Å². The van der Waals surface area contributed by atoms with Gasteiger partial charge >= 0.3 is 8.25 Å². The zero-order valence-electron chi connectivity index (χ0n) is 16.3. The van der Waals surface area contributed by atoms with E-state index in [1.807, 2.05) is 121 Å². The summed E-state index contributed by atoms with van der Waals surface area (Å²) in [6, 6.07) is 39.7. The maximum absolute atomic E-state index is 13.1. The third-order valence-corrected chi connectivity index (χ3v) is 6.64. The van der Waals surface area contributed by atoms with Crippen LogP contribution in [0.1, 0.15) is 22.3 Å². The van der Waals surface area contributed by atoms with Gasteiger partial charge in [0, 0.05) is 0 Å². The molecule has 0 saturated carbocycles. The molecule has 1 heterocycles. The molecule has 0 bridgehead atoms. The van der Waals surface area contributed by atoms with E-state index in [9.17, 15) is 4.57 Å². The Hall–Kier alpha value is -2.97. The van der Waals surface area contributed by atoms with Gasteiger partial charge in [0.05, 0.1) is 0 Å². The molecule has 0 amide bonds. The van der Waals surface area contributed by atoms with Crippen molar-refractivity contribution in [2.45, 2.75) is 11.2 Å². The molecule has 0 N–H and O–H groups in total. The lowest BCUT2D eigenvalue weighted by Gasteiger charge is -2.43. The van der Waals surface area contributed by atoms with E-state index in [0.717, 1.165) is 22.3 Å². The molecule has 5 rings (SSSR count). The molecule has 1 aliphatic rings. The summed E-state index contributed by atoms with van der Waals surface area (Å²) in [5, 5.41) is 0. The average Bonchev–Trinajstić information content (AvgIpc) is 3.16. The van der Waals surface area contributed by atoms with Crippen LogP contribution in [0.5, 0.6) is 0 Å². The van der Waals surface area contributed by atoms with E-state index in [1.165, 1.54) is 0 Å². The first-order chi connectivity index (χ1) is 14.8. The Labute approximate surface area is 176 Å². The molecule has 0 aromatic heterocycles. The summed E-state index contributed by atoms with van der Waals surface area (Å²) < 4.78 is 25.8. The highest BCUT2D eigenvalue weighted by molar-refractivity contribution is 7.33. The fourth-order valence-corrected chi connectivity index (χ4v) is 5.79. The predicted octanol–water partition coefficient (Wildman–Crippen LogP) is 6.31. The average molecular weight is 412 g/mol. The van der Waals surface area contributed by atoms with Gasteiger partial charge in [-0.15, -0.1) is 0 Å². The summed E-state index contributed by atoms with van der Waals surface area (Å²) in [6.45, 7) is 0. The lowest BCUT2D eigenvalue weighted by atomic mass is 9.66. The van der Waals surface area contributed by atoms with Gasteiger partial charge in [-0.1, -0.05) is 121 Å². The highest BCUT2D eigenvalue weighted by Crippen LogP contribution is 2.66. The molecular weight excluding hydrogens is 391 g/mol. The van der Waals surface area contributed by atoms with E-state index in [1.54, 1.807) is 0 Å². The van der Waals surface area contributed by atoms with Crippen molar-refractivity contribution in [1.29, 1.82) is 0 Å². The Morgan fingerprint density at radius 2 is 0.667 bits per heavy atom. The summed E-state index contributed by atoms with van der Waals surface area (Å²) >= 11 is 0. The predicted molar refractivity (Wildman–Crippen MR) is 118 cm³/mol. The summed E-state index contributed by atoms with van der Waals surface area (Å²) in [6.07, 6.45) is 0. The van der Waals surface area contributed by atoms with Crippen molar-refractivity contribution < 1.29 is 13.6 Å². The van der Waals surface area contributed by atoms with Crippen LogP contribution in [-0.4, -0.2) is 0 Å². The largest absolute Gasteiger partial charge is 0.321 e. The zero-order chi connectivity index (χ0) is 20.4. The molecule has 4 heteroatoms. The lowest BCUT2D eigenvalue weighted by molar-refractivity contribution is 0.00370. The molecule has 0 radical (unpaired) electrons. The van der Waals surface area contributed by atoms with Gasteiger partial charge in [0.25, 0.3) is 0 Å². The topological polar surface area (TPSA) is 35.5 Å². The van der Waals surface area contributed by atoms with Gasteiger partial charge in [0.1, 0.15) is 0 Å². The van der Waals surface area contributed by atoms with Gasteiger partial charge in [-0.25, -0.2) is 0 Å². The second-order valence-corrected chi connectivity index (χ2v) is 8.19. The van der Waals surface area contributed by atoms with Gasteiger partial charge in [0.2, 0.25) is 0 Å². The van der Waals surface area contributed by atoms with Crippen LogP contribution in [0, 0.1) is 0 Å². The maximum Gasteiger partial charge on any atom is 0.321 e. The molecule has 1 fully saturated rings. The van der Waals surface area contributed by atoms with Crippen LogP contribution < -0.4 is 0 Å². The van der Waals surface area contributed by atoms with E-state index >= 15 is 0 Å². The van der Waals surface area contributed by atoms with Crippen molar-refractivity contribution in [2.75, 3.05) is 0 Å². The quantitative estimate of drug-likeness (QED) is 0.369. The highest BCUT2D eigenvalue weighted by atomic mass is 31.1. The minimum atomic E-state index is -2.81. The van der Waals surface area contributed by atoms with Crippen LogP contribution >= 0.6 is 8.25 Å². The minimum absolute atomic E-state index is 0.889. The van der Waals surface area contributed by atoms with E-state index < -0.39 is 19.5 Å². The fraction of sp³-hybridized carbons (Fsp3) is 0.0769. The second-order valence-electron chi connectivity index (χ2n) is 7.28. The standard InChI is InChI=1S/C26H21O3P/c27-30-28-25(21-13-5-1-6-14-21,22-15-7-2-8-16-22)26(29-30,23-17-9-3-10-18-23)24-19-11-4-12-20-24/h1-20,30H. The van der Waals surface area contributed by atoms with Crippen molar-refractivity contribution >= 4 is 8.25 Å². The Bertz CT molecular complexity index is 974. The number of rotatable bonds is 4. The lowest BCUT2D eigenvalue weighted by Crippen LogP contribution is -2.48. The first kappa shape index (κ1) is 19.0. The van der Waals surface area contributed by atoms with Gasteiger partial charge in [-0.05, 0) is 22.3 Å². The normalized spacial score (nSPS) is 17.6. The smallest absolute Gasteiger partial charge is 0.290 e. The Balaban J connectivity index is 1.94. The zero-order valence-corrected chi connectivity index (χ0v) is 17.3. The molecule has 1 aliphatic heterocycles. The van der Waals surface area contributed by atoms with E-state index in [2.05, 4.69) is 0 Å². The number of hydrogen-bond donors (Lipinski definition) is 0. The van der Waals surface area contributed by atoms with Crippen LogP contribution in [0.2, 0.25) is 0 Å². The van der Waals surface area contributed by atoms with Crippen molar-refractivity contribution in [3.05, 3.63) is 144 Å². The summed E-state index contributed by atoms with van der Waals surface area (Å²) in [7, 11) is -2.81. The van der Waals surface area contributed by atoms with Crippen LogP contribution in [0.3, 0.4) is 0 Å². The maximum atomic E-state index is 13.1. The fourth-order valence-electron chi connectivity index (χ4n) is 4.49. The summed E-state index contributed by atoms with van der Waals surface area (Å²) in [5.41, 5.74) is 1.32. The molecule has 0 spiro atoms. The SMILES string of the molecule is O=[PH]1OC(c2ccccc2)(c2ccccc2)C(c2ccccc2)(c2ccccc2)O1. The third kappa shape index (κ3) is 2.79. The first-order valence-corrected chi connectivity index (χ1v) is 11.1. The number of benzene rings is 4. The number of hydrogen-bond acceptors (Lipinski definition) is 3. The highest BCUT2D eigenvalue weighted by Gasteiger charge is 2.64. The Kier molecular flexibility index (Phi) is 4.88. The molecule has 0 atom stereocenters. The van der Waals surface area contributed by atoms with Crippen LogP contribution in [0.25, 0.3) is 0 Å². The van der Waals surface area contributed by atoms with E-state index in [0.29, 0.717) is 0 Å². The minimum Gasteiger partial charge on any atom is -0.290 e. The molecule has 30 heavy (non-hydrogen) atoms. The molecule has 148 valence electrons. The van der Waals surface area contributed by atoms with Crippen molar-refractivity contribution in [3.63, 3.8) is 0 Å². The second kappa shape index (κ2) is 7.70. The Morgan fingerprint density at radius 3 is 0.900 bits per heavy atom. The molecule has 4 aromatic rings.